The van der Waals surface area contributed by atoms with Gasteiger partial charge in [-0.15, -0.1) is 0 Å². The van der Waals surface area contributed by atoms with Gasteiger partial charge in [0.25, 0.3) is 0 Å². The summed E-state index contributed by atoms with van der Waals surface area (Å²) < 4.78 is 0. The van der Waals surface area contributed by atoms with Crippen molar-refractivity contribution in [2.45, 2.75) is 39.2 Å². The molecular formula is C16H22N2. The Morgan fingerprint density at radius 1 is 1.22 bits per heavy atom. The van der Waals surface area contributed by atoms with Gasteiger partial charge in [0.1, 0.15) is 0 Å². The Kier molecular flexibility index (Phi) is 3.13. The Labute approximate surface area is 109 Å². The first kappa shape index (κ1) is 11.8. The molecule has 0 unspecified atom stereocenters. The maximum Gasteiger partial charge on any atom is 0.0457 e. The third-order valence-electron chi connectivity index (χ3n) is 4.35. The second-order valence-corrected chi connectivity index (χ2v) is 5.98. The Bertz CT molecular complexity index is 521. The molecule has 18 heavy (non-hydrogen) atoms. The minimum Gasteiger partial charge on any atom is -0.361 e. The Balaban J connectivity index is 1.63. The third-order valence-corrected chi connectivity index (χ3v) is 4.35. The number of fused-ring (bicyclic) bond motifs is 1. The van der Waals surface area contributed by atoms with Gasteiger partial charge in [0.05, 0.1) is 0 Å². The van der Waals surface area contributed by atoms with E-state index in [4.69, 9.17) is 0 Å². The van der Waals surface area contributed by atoms with Crippen LogP contribution in [0.3, 0.4) is 0 Å². The van der Waals surface area contributed by atoms with Crippen LogP contribution in [-0.4, -0.2) is 11.5 Å². The molecule has 0 atom stereocenters. The summed E-state index contributed by atoms with van der Waals surface area (Å²) in [7, 11) is 0. The number of rotatable bonds is 4. The molecule has 1 aliphatic carbocycles. The lowest BCUT2D eigenvalue weighted by Crippen LogP contribution is -2.29. The molecule has 1 aromatic heterocycles. The predicted octanol–water partition coefficient (Wildman–Crippen LogP) is 3.84. The van der Waals surface area contributed by atoms with Crippen LogP contribution in [-0.2, 0) is 6.54 Å². The van der Waals surface area contributed by atoms with Gasteiger partial charge in [0.15, 0.2) is 0 Å². The van der Waals surface area contributed by atoms with Crippen LogP contribution >= 0.6 is 0 Å². The lowest BCUT2D eigenvalue weighted by Gasteiger charge is -2.23. The SMILES string of the molecule is CC1(CNCc2c[nH]c3ccccc23)CCCC1. The largest absolute Gasteiger partial charge is 0.361 e. The van der Waals surface area contributed by atoms with Crippen molar-refractivity contribution in [2.75, 3.05) is 6.54 Å². The van der Waals surface area contributed by atoms with E-state index < -0.39 is 0 Å². The Morgan fingerprint density at radius 3 is 2.83 bits per heavy atom. The number of aromatic amines is 1. The quantitative estimate of drug-likeness (QED) is 0.837. The maximum absolute atomic E-state index is 3.64. The molecule has 1 aromatic carbocycles. The molecule has 1 heterocycles. The fourth-order valence-electron chi connectivity index (χ4n) is 3.18. The Hall–Kier alpha value is -1.28. The highest BCUT2D eigenvalue weighted by molar-refractivity contribution is 5.82. The van der Waals surface area contributed by atoms with Crippen molar-refractivity contribution in [3.63, 3.8) is 0 Å². The summed E-state index contributed by atoms with van der Waals surface area (Å²) in [6.45, 7) is 4.54. The average molecular weight is 242 g/mol. The van der Waals surface area contributed by atoms with Crippen LogP contribution in [0.4, 0.5) is 0 Å². The molecule has 2 N–H and O–H groups in total. The van der Waals surface area contributed by atoms with E-state index in [1.54, 1.807) is 0 Å². The van der Waals surface area contributed by atoms with E-state index >= 15 is 0 Å². The van der Waals surface area contributed by atoms with Crippen LogP contribution in [0.5, 0.6) is 0 Å². The number of aromatic nitrogens is 1. The van der Waals surface area contributed by atoms with Crippen molar-refractivity contribution in [1.29, 1.82) is 0 Å². The average Bonchev–Trinajstić information content (AvgIpc) is 2.97. The highest BCUT2D eigenvalue weighted by atomic mass is 14.9. The van der Waals surface area contributed by atoms with Crippen LogP contribution in [0.2, 0.25) is 0 Å². The van der Waals surface area contributed by atoms with Gasteiger partial charge in [-0.1, -0.05) is 38.0 Å². The van der Waals surface area contributed by atoms with Crippen molar-refractivity contribution >= 4 is 10.9 Å². The molecule has 0 amide bonds. The van der Waals surface area contributed by atoms with Gasteiger partial charge in [-0.2, -0.15) is 0 Å². The van der Waals surface area contributed by atoms with Crippen molar-refractivity contribution in [1.82, 2.24) is 10.3 Å². The maximum atomic E-state index is 3.64. The number of hydrogen-bond acceptors (Lipinski definition) is 1. The summed E-state index contributed by atoms with van der Waals surface area (Å²) >= 11 is 0. The van der Waals surface area contributed by atoms with Gasteiger partial charge in [-0.05, 0) is 29.9 Å². The molecule has 2 aromatic rings. The third kappa shape index (κ3) is 2.30. The zero-order valence-electron chi connectivity index (χ0n) is 11.1. The number of nitrogens with one attached hydrogen (secondary N) is 2. The van der Waals surface area contributed by atoms with Gasteiger partial charge in [-0.25, -0.2) is 0 Å². The van der Waals surface area contributed by atoms with Crippen molar-refractivity contribution in [3.05, 3.63) is 36.0 Å². The highest BCUT2D eigenvalue weighted by Gasteiger charge is 2.27. The van der Waals surface area contributed by atoms with Crippen LogP contribution in [0.1, 0.15) is 38.2 Å². The molecule has 2 heteroatoms. The van der Waals surface area contributed by atoms with Crippen LogP contribution in [0, 0.1) is 5.41 Å². The van der Waals surface area contributed by atoms with Crippen LogP contribution in [0.25, 0.3) is 10.9 Å². The number of benzene rings is 1. The smallest absolute Gasteiger partial charge is 0.0457 e. The number of hydrogen-bond donors (Lipinski definition) is 2. The topological polar surface area (TPSA) is 27.8 Å². The molecule has 0 spiro atoms. The van der Waals surface area contributed by atoms with Gasteiger partial charge < -0.3 is 10.3 Å². The van der Waals surface area contributed by atoms with Crippen molar-refractivity contribution < 1.29 is 0 Å². The van der Waals surface area contributed by atoms with Crippen LogP contribution in [0.15, 0.2) is 30.5 Å². The molecule has 0 radical (unpaired) electrons. The summed E-state index contributed by atoms with van der Waals surface area (Å²) in [6, 6.07) is 8.52. The Morgan fingerprint density at radius 2 is 2.00 bits per heavy atom. The first-order valence-corrected chi connectivity index (χ1v) is 7.03. The minimum atomic E-state index is 0.534. The first-order chi connectivity index (χ1) is 8.77. The summed E-state index contributed by atoms with van der Waals surface area (Å²) in [5.74, 6) is 0. The minimum absolute atomic E-state index is 0.534. The summed E-state index contributed by atoms with van der Waals surface area (Å²) in [5, 5.41) is 4.99. The molecule has 3 rings (SSSR count). The van der Waals surface area contributed by atoms with Gasteiger partial charge in [-0.3, -0.25) is 0 Å². The van der Waals surface area contributed by atoms with Crippen molar-refractivity contribution in [2.24, 2.45) is 5.41 Å². The molecule has 0 aliphatic heterocycles. The van der Waals surface area contributed by atoms with Gasteiger partial charge in [0, 0.05) is 30.2 Å². The zero-order valence-corrected chi connectivity index (χ0v) is 11.1. The van der Waals surface area contributed by atoms with Gasteiger partial charge >= 0.3 is 0 Å². The van der Waals surface area contributed by atoms with E-state index in [-0.39, 0.29) is 0 Å². The van der Waals surface area contributed by atoms with E-state index in [0.717, 1.165) is 13.1 Å². The van der Waals surface area contributed by atoms with E-state index in [9.17, 15) is 0 Å². The molecule has 1 aliphatic rings. The summed E-state index contributed by atoms with van der Waals surface area (Å²) in [6.07, 6.45) is 7.72. The predicted molar refractivity (Wildman–Crippen MR) is 76.6 cm³/mol. The highest BCUT2D eigenvalue weighted by Crippen LogP contribution is 2.36. The van der Waals surface area contributed by atoms with E-state index in [2.05, 4.69) is 47.7 Å². The summed E-state index contributed by atoms with van der Waals surface area (Å²) in [4.78, 5) is 3.34. The number of para-hydroxylation sites is 1. The molecule has 2 nitrogen and oxygen atoms in total. The lowest BCUT2D eigenvalue weighted by molar-refractivity contribution is 0.315. The standard InChI is InChI=1S/C16H22N2/c1-16(8-4-5-9-16)12-17-10-13-11-18-15-7-3-2-6-14(13)15/h2-3,6-7,11,17-18H,4-5,8-10,12H2,1H3. The molecule has 96 valence electrons. The zero-order chi connectivity index (χ0) is 12.4. The number of H-pyrrole nitrogens is 1. The molecule has 1 saturated carbocycles. The molecule has 0 bridgehead atoms. The van der Waals surface area contributed by atoms with E-state index in [1.807, 2.05) is 0 Å². The lowest BCUT2D eigenvalue weighted by atomic mass is 9.89. The normalized spacial score (nSPS) is 18.5. The van der Waals surface area contributed by atoms with E-state index in [0.29, 0.717) is 5.41 Å². The second kappa shape index (κ2) is 4.77. The molecule has 1 fully saturated rings. The van der Waals surface area contributed by atoms with Crippen molar-refractivity contribution in [3.8, 4) is 0 Å². The monoisotopic (exact) mass is 242 g/mol. The summed E-state index contributed by atoms with van der Waals surface area (Å²) in [5.41, 5.74) is 3.15. The molecular weight excluding hydrogens is 220 g/mol. The second-order valence-electron chi connectivity index (χ2n) is 5.98. The van der Waals surface area contributed by atoms with Crippen LogP contribution < -0.4 is 5.32 Å². The fourth-order valence-corrected chi connectivity index (χ4v) is 3.18. The molecule has 0 saturated heterocycles. The van der Waals surface area contributed by atoms with E-state index in [1.165, 1.54) is 42.1 Å². The first-order valence-electron chi connectivity index (χ1n) is 7.03. The fraction of sp³-hybridized carbons (Fsp3) is 0.500. The van der Waals surface area contributed by atoms with Gasteiger partial charge in [0.2, 0.25) is 0 Å².